The molecular weight excluding hydrogens is 923 g/mol. The molecule has 0 spiro atoms. The highest BCUT2D eigenvalue weighted by Gasteiger charge is 2.25. The number of primary amides is 1. The van der Waals surface area contributed by atoms with Gasteiger partial charge in [-0.2, -0.15) is 9.97 Å². The van der Waals surface area contributed by atoms with E-state index < -0.39 is 5.91 Å². The number of nitrogens with two attached hydrogens (primary N) is 1. The van der Waals surface area contributed by atoms with Crippen molar-refractivity contribution in [1.82, 2.24) is 64.0 Å². The number of likely N-dealkylation sites (N-methyl/N-ethyl adjacent to an activating group) is 1. The molecule has 3 atom stereocenters. The van der Waals surface area contributed by atoms with Gasteiger partial charge in [0.1, 0.15) is 34.5 Å². The second-order valence-corrected chi connectivity index (χ2v) is 17.8. The summed E-state index contributed by atoms with van der Waals surface area (Å²) >= 11 is 0. The maximum Gasteiger partial charge on any atom is 0.277 e. The van der Waals surface area contributed by atoms with Crippen LogP contribution in [-0.2, 0) is 0 Å². The van der Waals surface area contributed by atoms with Crippen LogP contribution < -0.4 is 45.9 Å². The molecule has 24 nitrogen and oxygen atoms in total. The summed E-state index contributed by atoms with van der Waals surface area (Å²) < 4.78 is 14.1. The third kappa shape index (κ3) is 11.9. The molecular formula is C48H61N19O5. The molecule has 0 aromatic carbocycles. The molecule has 5 N–H and O–H groups in total. The van der Waals surface area contributed by atoms with Crippen LogP contribution >= 0.6 is 0 Å². The monoisotopic (exact) mass is 984 g/mol. The number of imidazole rings is 2. The number of carbonyl (C=O) groups is 3. The molecule has 0 saturated carbocycles. The minimum absolute atomic E-state index is 0.218. The molecule has 3 aliphatic heterocycles. The maximum absolute atomic E-state index is 12.6. The van der Waals surface area contributed by atoms with Crippen LogP contribution in [0.25, 0.3) is 11.3 Å². The summed E-state index contributed by atoms with van der Waals surface area (Å²) in [5.74, 6) is 3.92. The van der Waals surface area contributed by atoms with Crippen molar-refractivity contribution in [3.05, 3.63) is 90.4 Å². The molecule has 3 amide bonds. The van der Waals surface area contributed by atoms with Crippen molar-refractivity contribution in [3.8, 4) is 11.8 Å². The van der Waals surface area contributed by atoms with Gasteiger partial charge in [-0.3, -0.25) is 23.2 Å². The van der Waals surface area contributed by atoms with Gasteiger partial charge in [0.15, 0.2) is 11.6 Å². The molecule has 3 saturated heterocycles. The summed E-state index contributed by atoms with van der Waals surface area (Å²) in [6, 6.07) is 0.451. The Balaban J connectivity index is 0.000000150. The summed E-state index contributed by atoms with van der Waals surface area (Å²) in [7, 11) is 4.99. The van der Waals surface area contributed by atoms with E-state index in [4.69, 9.17) is 15.2 Å². The van der Waals surface area contributed by atoms with Crippen LogP contribution in [0.15, 0.2) is 62.0 Å². The zero-order valence-electron chi connectivity index (χ0n) is 41.6. The Morgan fingerprint density at radius 1 is 0.583 bits per heavy atom. The first kappa shape index (κ1) is 50.2. The summed E-state index contributed by atoms with van der Waals surface area (Å²) in [5, 5.41) is 8.75. The molecule has 7 aromatic rings. The van der Waals surface area contributed by atoms with Gasteiger partial charge >= 0.3 is 0 Å². The molecule has 24 heteroatoms. The van der Waals surface area contributed by atoms with Crippen molar-refractivity contribution >= 4 is 58.1 Å². The lowest BCUT2D eigenvalue weighted by atomic mass is 10.1. The summed E-state index contributed by atoms with van der Waals surface area (Å²) in [5.41, 5.74) is 8.62. The van der Waals surface area contributed by atoms with Crippen LogP contribution in [-0.4, -0.2) is 143 Å². The Morgan fingerprint density at radius 3 is 1.35 bits per heavy atom. The number of methoxy groups -OCH3 is 2. The standard InChI is InChI=1S/C19H23N7O2.C18H22N8O2.C11H16N4O/c1-4-13-5-6-25(10-13)16-8-20-14(7-21-16)18(27)23-15-11-26-9-12(2)22-17(26)19(24-15)28-3;1-11-8-26-10-14(24-18(28-3)16(26)22-11)23-17(27)13-6-21-15(7-20-13)25-5-4-12(9-25)19-2;1-2-8-3-4-15(7-8)10-6-13-9(5-14-10)11(12)16/h7-9,11,13H,4-6,10H2,1-3H3,(H,23,27);6-8,10,12,19H,4-5,9H2,1-3H3,(H,23,27);5-6,8H,2-4,7H2,1H3,(H2,12,16)/t13-;12-;8-/m111/s1. The van der Waals surface area contributed by atoms with E-state index in [0.717, 1.165) is 80.4 Å². The van der Waals surface area contributed by atoms with Gasteiger partial charge in [-0.05, 0) is 52.0 Å². The topological polar surface area (TPSA) is 279 Å². The van der Waals surface area contributed by atoms with Crippen molar-refractivity contribution < 1.29 is 23.9 Å². The second-order valence-electron chi connectivity index (χ2n) is 17.8. The van der Waals surface area contributed by atoms with Gasteiger partial charge in [0.2, 0.25) is 11.3 Å². The molecule has 7 aromatic heterocycles. The lowest BCUT2D eigenvalue weighted by molar-refractivity contribution is 0.0991. The van der Waals surface area contributed by atoms with Crippen molar-refractivity contribution in [1.29, 1.82) is 0 Å². The second kappa shape index (κ2) is 22.7. The van der Waals surface area contributed by atoms with Crippen LogP contribution in [0.5, 0.6) is 11.8 Å². The number of aromatic nitrogens is 12. The highest BCUT2D eigenvalue weighted by molar-refractivity contribution is 6.02. The van der Waals surface area contributed by atoms with E-state index in [1.165, 1.54) is 58.5 Å². The van der Waals surface area contributed by atoms with E-state index in [1.807, 2.05) is 33.3 Å². The van der Waals surface area contributed by atoms with Gasteiger partial charge in [0, 0.05) is 57.7 Å². The average Bonchev–Trinajstić information content (AvgIpc) is 4.27. The number of hydrogen-bond acceptors (Lipinski definition) is 19. The number of rotatable bonds is 13. The van der Waals surface area contributed by atoms with Gasteiger partial charge in [0.25, 0.3) is 29.5 Å². The molecule has 10 heterocycles. The Bertz CT molecular complexity index is 2820. The maximum atomic E-state index is 12.6. The normalized spacial score (nSPS) is 17.3. The smallest absolute Gasteiger partial charge is 0.277 e. The fourth-order valence-electron chi connectivity index (χ4n) is 8.71. The quantitative estimate of drug-likeness (QED) is 0.127. The lowest BCUT2D eigenvalue weighted by Gasteiger charge is -2.16. The van der Waals surface area contributed by atoms with Crippen LogP contribution in [0, 0.1) is 25.7 Å². The van der Waals surface area contributed by atoms with E-state index >= 15 is 0 Å². The van der Waals surface area contributed by atoms with Crippen LogP contribution in [0.4, 0.5) is 29.1 Å². The van der Waals surface area contributed by atoms with Crippen LogP contribution in [0.1, 0.15) is 88.8 Å². The number of amides is 3. The largest absolute Gasteiger partial charge is 0.478 e. The van der Waals surface area contributed by atoms with Crippen molar-refractivity contribution in [2.45, 2.75) is 65.8 Å². The van der Waals surface area contributed by atoms with Gasteiger partial charge in [-0.1, -0.05) is 26.7 Å². The molecule has 3 fully saturated rings. The molecule has 378 valence electrons. The Kier molecular flexibility index (Phi) is 15.9. The summed E-state index contributed by atoms with van der Waals surface area (Å²) in [4.78, 5) is 85.4. The predicted molar refractivity (Wildman–Crippen MR) is 270 cm³/mol. The minimum Gasteiger partial charge on any atom is -0.478 e. The van der Waals surface area contributed by atoms with Gasteiger partial charge in [-0.15, -0.1) is 0 Å². The number of fused-ring (bicyclic) bond motifs is 2. The third-order valence-corrected chi connectivity index (χ3v) is 12.9. The molecule has 72 heavy (non-hydrogen) atoms. The zero-order valence-corrected chi connectivity index (χ0v) is 41.6. The highest BCUT2D eigenvalue weighted by Crippen LogP contribution is 2.26. The van der Waals surface area contributed by atoms with Gasteiger partial charge in [0.05, 0.1) is 75.2 Å². The van der Waals surface area contributed by atoms with Gasteiger partial charge in [-0.25, -0.2) is 39.9 Å². The first-order valence-corrected chi connectivity index (χ1v) is 24.0. The number of aryl methyl sites for hydroxylation is 2. The fourth-order valence-corrected chi connectivity index (χ4v) is 8.71. The summed E-state index contributed by atoms with van der Waals surface area (Å²) in [6.07, 6.45) is 22.2. The van der Waals surface area contributed by atoms with E-state index in [2.05, 4.69) is 94.3 Å². The number of nitrogens with zero attached hydrogens (tertiary/aromatic N) is 15. The first-order chi connectivity index (χ1) is 34.8. The fraction of sp³-hybridized carbons (Fsp3) is 0.438. The average molecular weight is 984 g/mol. The van der Waals surface area contributed by atoms with Crippen LogP contribution in [0.3, 0.4) is 0 Å². The van der Waals surface area contributed by atoms with E-state index in [1.54, 1.807) is 39.8 Å². The van der Waals surface area contributed by atoms with Crippen molar-refractivity contribution in [2.75, 3.05) is 85.9 Å². The Hall–Kier alpha value is -8.15. The van der Waals surface area contributed by atoms with Crippen molar-refractivity contribution in [3.63, 3.8) is 0 Å². The van der Waals surface area contributed by atoms with E-state index in [0.29, 0.717) is 46.6 Å². The molecule has 0 aliphatic carbocycles. The highest BCUT2D eigenvalue weighted by atomic mass is 16.5. The lowest BCUT2D eigenvalue weighted by Crippen LogP contribution is -2.30. The SMILES string of the molecule is CC[C@@H]1CCN(c2cnc(C(=O)Nc3cn4cc(C)nc4c(OC)n3)cn2)C1.CC[C@@H]1CCN(c2cnc(C(N)=O)cn2)C1.CN[C@@H]1CCN(c2cnc(C(=O)Nc3cn4cc(C)nc4c(OC)n3)cn2)C1. The summed E-state index contributed by atoms with van der Waals surface area (Å²) in [6.45, 7) is 14.0. The molecule has 0 unspecified atom stereocenters. The minimum atomic E-state index is -0.535. The number of carbonyl (C=O) groups excluding carboxylic acids is 3. The number of nitrogens with one attached hydrogen (secondary N) is 3. The van der Waals surface area contributed by atoms with E-state index in [9.17, 15) is 14.4 Å². The predicted octanol–water partition coefficient (Wildman–Crippen LogP) is 4.02. The molecule has 0 radical (unpaired) electrons. The van der Waals surface area contributed by atoms with E-state index in [-0.39, 0.29) is 28.9 Å². The van der Waals surface area contributed by atoms with Gasteiger partial charge < -0.3 is 45.9 Å². The third-order valence-electron chi connectivity index (χ3n) is 12.9. The zero-order chi connectivity index (χ0) is 50.9. The molecule has 10 rings (SSSR count). The van der Waals surface area contributed by atoms with Crippen LogP contribution in [0.2, 0.25) is 0 Å². The Morgan fingerprint density at radius 2 is 1.00 bits per heavy atom. The molecule has 3 aliphatic rings. The molecule has 0 bridgehead atoms. The number of anilines is 5. The Labute approximate surface area is 416 Å². The number of hydrogen-bond donors (Lipinski definition) is 4. The van der Waals surface area contributed by atoms with Crippen molar-refractivity contribution in [2.24, 2.45) is 17.6 Å². The number of ether oxygens (including phenoxy) is 2. The first-order valence-electron chi connectivity index (χ1n) is 24.0.